The van der Waals surface area contributed by atoms with Gasteiger partial charge in [-0.05, 0) is 38.3 Å². The number of hydrazone groups is 1. The van der Waals surface area contributed by atoms with Gasteiger partial charge in [-0.3, -0.25) is 4.79 Å². The Hall–Kier alpha value is -2.97. The molecule has 4 rings (SSSR count). The number of fused-ring (bicyclic) bond motifs is 1. The summed E-state index contributed by atoms with van der Waals surface area (Å²) in [6.45, 7) is 5.14. The molecule has 0 spiro atoms. The number of nitrogens with zero attached hydrogens (tertiary/aromatic N) is 3. The van der Waals surface area contributed by atoms with Crippen molar-refractivity contribution in [2.75, 3.05) is 18.8 Å². The number of sulfonamides is 1. The second kappa shape index (κ2) is 9.89. The summed E-state index contributed by atoms with van der Waals surface area (Å²) < 4.78 is 27.9. The summed E-state index contributed by atoms with van der Waals surface area (Å²) in [7, 11) is -3.29. The molecule has 1 aliphatic heterocycles. The molecule has 2 heterocycles. The Labute approximate surface area is 195 Å². The molecular weight excluding hydrogens is 436 g/mol. The van der Waals surface area contributed by atoms with Crippen LogP contribution in [0.1, 0.15) is 36.5 Å². The summed E-state index contributed by atoms with van der Waals surface area (Å²) in [5.74, 6) is -0.586. The van der Waals surface area contributed by atoms with Gasteiger partial charge in [-0.15, -0.1) is 0 Å². The number of benzene rings is 2. The van der Waals surface area contributed by atoms with Crippen LogP contribution in [0.3, 0.4) is 0 Å². The maximum atomic E-state index is 12.6. The Kier molecular flexibility index (Phi) is 6.95. The van der Waals surface area contributed by atoms with Crippen molar-refractivity contribution in [1.29, 1.82) is 0 Å². The number of carbonyl (C=O) groups excluding carboxylic acids is 1. The highest BCUT2D eigenvalue weighted by Gasteiger charge is 2.31. The summed E-state index contributed by atoms with van der Waals surface area (Å²) in [6, 6.07) is 16.5. The Balaban J connectivity index is 1.47. The largest absolute Gasteiger partial charge is 0.342 e. The lowest BCUT2D eigenvalue weighted by Crippen LogP contribution is -2.45. The lowest BCUT2D eigenvalue weighted by atomic mass is 9.99. The minimum Gasteiger partial charge on any atom is -0.342 e. The molecule has 3 aromatic rings. The maximum Gasteiger partial charge on any atom is 0.244 e. The van der Waals surface area contributed by atoms with E-state index in [4.69, 9.17) is 0 Å². The van der Waals surface area contributed by atoms with Gasteiger partial charge < -0.3 is 4.57 Å². The van der Waals surface area contributed by atoms with Gasteiger partial charge in [0.1, 0.15) is 0 Å². The maximum absolute atomic E-state index is 12.6. The molecule has 174 valence electrons. The first kappa shape index (κ1) is 23.2. The smallest absolute Gasteiger partial charge is 0.244 e. The van der Waals surface area contributed by atoms with Crippen molar-refractivity contribution in [3.05, 3.63) is 71.4 Å². The highest BCUT2D eigenvalue weighted by molar-refractivity contribution is 7.89. The van der Waals surface area contributed by atoms with E-state index in [1.807, 2.05) is 24.4 Å². The van der Waals surface area contributed by atoms with Crippen LogP contribution in [-0.2, 0) is 21.4 Å². The predicted octanol–water partition coefficient (Wildman–Crippen LogP) is 3.51. The average Bonchev–Trinajstić information content (AvgIpc) is 3.16. The van der Waals surface area contributed by atoms with Crippen molar-refractivity contribution >= 4 is 33.0 Å². The van der Waals surface area contributed by atoms with Crippen molar-refractivity contribution in [3.8, 4) is 0 Å². The Morgan fingerprint density at radius 1 is 1.21 bits per heavy atom. The SMILES string of the molecule is CCS(=O)(=O)N1CCCC(C(=O)N/N=C/c2cn(Cc3cccc(C)c3)c3ccccc23)C1. The molecule has 7 nitrogen and oxygen atoms in total. The van der Waals surface area contributed by atoms with Crippen LogP contribution in [0.5, 0.6) is 0 Å². The van der Waals surface area contributed by atoms with Crippen LogP contribution in [0.25, 0.3) is 10.9 Å². The van der Waals surface area contributed by atoms with Gasteiger partial charge in [0.2, 0.25) is 15.9 Å². The number of carbonyl (C=O) groups is 1. The summed E-state index contributed by atoms with van der Waals surface area (Å²) in [4.78, 5) is 12.6. The molecule has 1 fully saturated rings. The molecule has 1 amide bonds. The van der Waals surface area contributed by atoms with E-state index in [1.165, 1.54) is 15.4 Å². The van der Waals surface area contributed by atoms with Gasteiger partial charge in [0.25, 0.3) is 0 Å². The molecule has 1 saturated heterocycles. The van der Waals surface area contributed by atoms with Crippen LogP contribution >= 0.6 is 0 Å². The van der Waals surface area contributed by atoms with Gasteiger partial charge >= 0.3 is 0 Å². The number of amides is 1. The highest BCUT2D eigenvalue weighted by atomic mass is 32.2. The first-order chi connectivity index (χ1) is 15.9. The van der Waals surface area contributed by atoms with Crippen LogP contribution in [0.4, 0.5) is 0 Å². The zero-order chi connectivity index (χ0) is 23.4. The fourth-order valence-corrected chi connectivity index (χ4v) is 5.54. The second-order valence-electron chi connectivity index (χ2n) is 8.55. The number of aryl methyl sites for hydroxylation is 1. The Morgan fingerprint density at radius 2 is 2.03 bits per heavy atom. The molecule has 33 heavy (non-hydrogen) atoms. The summed E-state index contributed by atoms with van der Waals surface area (Å²) >= 11 is 0. The molecule has 0 radical (unpaired) electrons. The third-order valence-corrected chi connectivity index (χ3v) is 7.99. The van der Waals surface area contributed by atoms with E-state index in [9.17, 15) is 13.2 Å². The minimum absolute atomic E-state index is 0.0477. The van der Waals surface area contributed by atoms with Crippen molar-refractivity contribution in [2.45, 2.75) is 33.2 Å². The lowest BCUT2D eigenvalue weighted by molar-refractivity contribution is -0.126. The first-order valence-electron chi connectivity index (χ1n) is 11.3. The van der Waals surface area contributed by atoms with E-state index in [-0.39, 0.29) is 24.1 Å². The van der Waals surface area contributed by atoms with Crippen LogP contribution in [-0.4, -0.2) is 48.3 Å². The molecule has 0 bridgehead atoms. The molecule has 1 aromatic heterocycles. The van der Waals surface area contributed by atoms with E-state index >= 15 is 0 Å². The van der Waals surface area contributed by atoms with Gasteiger partial charge in [-0.25, -0.2) is 18.1 Å². The van der Waals surface area contributed by atoms with E-state index in [0.717, 1.165) is 23.0 Å². The van der Waals surface area contributed by atoms with Crippen LogP contribution in [0.15, 0.2) is 59.8 Å². The van der Waals surface area contributed by atoms with E-state index in [2.05, 4.69) is 52.3 Å². The van der Waals surface area contributed by atoms with Crippen molar-refractivity contribution in [3.63, 3.8) is 0 Å². The van der Waals surface area contributed by atoms with Crippen molar-refractivity contribution < 1.29 is 13.2 Å². The topological polar surface area (TPSA) is 83.8 Å². The normalized spacial score (nSPS) is 17.6. The summed E-state index contributed by atoms with van der Waals surface area (Å²) in [6.07, 6.45) is 5.04. The van der Waals surface area contributed by atoms with Crippen LogP contribution in [0, 0.1) is 12.8 Å². The fourth-order valence-electron chi connectivity index (χ4n) is 4.36. The third-order valence-electron chi connectivity index (χ3n) is 6.15. The Morgan fingerprint density at radius 3 is 2.82 bits per heavy atom. The quantitative estimate of drug-likeness (QED) is 0.427. The van der Waals surface area contributed by atoms with E-state index in [0.29, 0.717) is 19.4 Å². The van der Waals surface area contributed by atoms with Gasteiger partial charge in [0.15, 0.2) is 0 Å². The Bertz CT molecular complexity index is 1280. The third kappa shape index (κ3) is 5.34. The molecule has 1 aliphatic rings. The predicted molar refractivity (Wildman–Crippen MR) is 132 cm³/mol. The molecule has 0 saturated carbocycles. The number of rotatable bonds is 7. The molecule has 2 aromatic carbocycles. The first-order valence-corrected chi connectivity index (χ1v) is 12.9. The number of aromatic nitrogens is 1. The number of nitrogens with one attached hydrogen (secondary N) is 1. The van der Waals surface area contributed by atoms with Gasteiger partial charge in [0.05, 0.1) is 17.9 Å². The monoisotopic (exact) mass is 466 g/mol. The summed E-state index contributed by atoms with van der Waals surface area (Å²) in [5.41, 5.74) is 7.08. The lowest BCUT2D eigenvalue weighted by Gasteiger charge is -2.30. The van der Waals surface area contributed by atoms with E-state index < -0.39 is 10.0 Å². The molecule has 1 unspecified atom stereocenters. The van der Waals surface area contributed by atoms with E-state index in [1.54, 1.807) is 13.1 Å². The number of piperidine rings is 1. The molecule has 0 aliphatic carbocycles. The molecule has 1 atom stereocenters. The molecular formula is C25H30N4O3S. The molecule has 8 heteroatoms. The van der Waals surface area contributed by atoms with Gasteiger partial charge in [-0.1, -0.05) is 48.0 Å². The number of hydrogen-bond acceptors (Lipinski definition) is 4. The number of hydrogen-bond donors (Lipinski definition) is 1. The van der Waals surface area contributed by atoms with Gasteiger partial charge in [0, 0.05) is 42.3 Å². The average molecular weight is 467 g/mol. The van der Waals surface area contributed by atoms with Crippen LogP contribution < -0.4 is 5.43 Å². The summed E-state index contributed by atoms with van der Waals surface area (Å²) in [5, 5.41) is 5.26. The highest BCUT2D eigenvalue weighted by Crippen LogP contribution is 2.22. The van der Waals surface area contributed by atoms with Crippen molar-refractivity contribution in [1.82, 2.24) is 14.3 Å². The second-order valence-corrected chi connectivity index (χ2v) is 10.8. The standard InChI is InChI=1S/C25H30N4O3S/c1-3-33(31,32)29-13-7-10-21(18-29)25(30)27-26-15-22-17-28(24-12-5-4-11-23(22)24)16-20-9-6-8-19(2)14-20/h4-6,8-9,11-12,14-15,17,21H,3,7,10,13,16,18H2,1-2H3,(H,27,30)/b26-15+. The fraction of sp³-hybridized carbons (Fsp3) is 0.360. The van der Waals surface area contributed by atoms with Crippen LogP contribution in [0.2, 0.25) is 0 Å². The minimum atomic E-state index is -3.29. The zero-order valence-corrected chi connectivity index (χ0v) is 19.9. The number of para-hydroxylation sites is 1. The van der Waals surface area contributed by atoms with Crippen molar-refractivity contribution in [2.24, 2.45) is 11.0 Å². The molecule has 1 N–H and O–H groups in total. The zero-order valence-electron chi connectivity index (χ0n) is 19.1. The van der Waals surface area contributed by atoms with Gasteiger partial charge in [-0.2, -0.15) is 5.10 Å².